The number of unbranched alkanes of at least 4 members (excludes halogenated alkanes) is 19. The molecule has 0 aromatic carbocycles. The van der Waals surface area contributed by atoms with Gasteiger partial charge in [-0.2, -0.15) is 0 Å². The highest BCUT2D eigenvalue weighted by molar-refractivity contribution is 5.70. The zero-order valence-corrected chi connectivity index (χ0v) is 31.9. The molecule has 0 radical (unpaired) electrons. The molecule has 0 bridgehead atoms. The molecule has 0 aliphatic heterocycles. The maximum atomic E-state index is 12.6. The van der Waals surface area contributed by atoms with Crippen molar-refractivity contribution in [1.29, 1.82) is 0 Å². The third-order valence-corrected chi connectivity index (χ3v) is 8.90. The van der Waals surface area contributed by atoms with Crippen LogP contribution in [0.5, 0.6) is 0 Å². The standard InChI is InChI=1S/C40H75NO7/c1-6-8-10-12-14-16-18-19-21-22-24-26-28-30-38(42)47-35-36(34-46-33-32-37(40(44)45)41(3,4)5)48-39(43)31-29-27-25-23-20-17-15-13-11-9-7-2/h13,15,36-37H,6-12,14,16-35H2,1-5H3/b15-13-. The molecule has 0 fully saturated rings. The molecule has 8 nitrogen and oxygen atoms in total. The highest BCUT2D eigenvalue weighted by Gasteiger charge is 2.25. The van der Waals surface area contributed by atoms with Crippen molar-refractivity contribution in [2.45, 2.75) is 187 Å². The smallest absolute Gasteiger partial charge is 0.306 e. The van der Waals surface area contributed by atoms with Crippen molar-refractivity contribution in [2.24, 2.45) is 0 Å². The fourth-order valence-electron chi connectivity index (χ4n) is 5.76. The lowest BCUT2D eigenvalue weighted by Gasteiger charge is -2.34. The number of esters is 2. The molecule has 0 aromatic heterocycles. The van der Waals surface area contributed by atoms with Gasteiger partial charge in [0.1, 0.15) is 12.6 Å². The Morgan fingerprint density at radius 2 is 1.06 bits per heavy atom. The Morgan fingerprint density at radius 1 is 0.604 bits per heavy atom. The van der Waals surface area contributed by atoms with Gasteiger partial charge in [0.25, 0.3) is 0 Å². The van der Waals surface area contributed by atoms with Crippen LogP contribution in [0.3, 0.4) is 0 Å². The van der Waals surface area contributed by atoms with Crippen LogP contribution in [0.25, 0.3) is 0 Å². The second kappa shape index (κ2) is 32.3. The molecule has 282 valence electrons. The van der Waals surface area contributed by atoms with E-state index >= 15 is 0 Å². The Kier molecular flexibility index (Phi) is 31.0. The van der Waals surface area contributed by atoms with Crippen molar-refractivity contribution in [3.05, 3.63) is 12.2 Å². The zero-order valence-electron chi connectivity index (χ0n) is 31.9. The van der Waals surface area contributed by atoms with Gasteiger partial charge in [-0.05, 0) is 32.1 Å². The topological polar surface area (TPSA) is 102 Å². The molecule has 48 heavy (non-hydrogen) atoms. The number of ether oxygens (including phenoxy) is 3. The molecule has 0 aliphatic carbocycles. The van der Waals surface area contributed by atoms with Crippen LogP contribution in [0.1, 0.15) is 174 Å². The first-order valence-corrected chi connectivity index (χ1v) is 19.7. The quantitative estimate of drug-likeness (QED) is 0.0286. The lowest BCUT2D eigenvalue weighted by Crippen LogP contribution is -2.55. The number of carboxylic acids is 1. The molecule has 0 saturated carbocycles. The van der Waals surface area contributed by atoms with Crippen LogP contribution < -0.4 is 5.11 Å². The van der Waals surface area contributed by atoms with Crippen molar-refractivity contribution < 1.29 is 38.2 Å². The van der Waals surface area contributed by atoms with E-state index in [9.17, 15) is 19.5 Å². The number of carbonyl (C=O) groups is 3. The van der Waals surface area contributed by atoms with Crippen LogP contribution in [0, 0.1) is 0 Å². The first-order valence-electron chi connectivity index (χ1n) is 19.7. The zero-order chi connectivity index (χ0) is 35.7. The number of rotatable bonds is 35. The normalized spacial score (nSPS) is 13.1. The predicted molar refractivity (Wildman–Crippen MR) is 194 cm³/mol. The van der Waals surface area contributed by atoms with E-state index in [1.54, 1.807) is 21.1 Å². The minimum absolute atomic E-state index is 0.0421. The van der Waals surface area contributed by atoms with Gasteiger partial charge in [-0.1, -0.05) is 135 Å². The number of hydrogen-bond donors (Lipinski definition) is 0. The second-order valence-corrected chi connectivity index (χ2v) is 14.5. The molecule has 0 heterocycles. The minimum Gasteiger partial charge on any atom is -0.544 e. The number of quaternary nitrogens is 1. The van der Waals surface area contributed by atoms with E-state index < -0.39 is 18.1 Å². The van der Waals surface area contributed by atoms with Crippen LogP contribution in [0.15, 0.2) is 12.2 Å². The third kappa shape index (κ3) is 30.2. The summed E-state index contributed by atoms with van der Waals surface area (Å²) in [5.74, 6) is -1.74. The Morgan fingerprint density at radius 3 is 1.56 bits per heavy atom. The van der Waals surface area contributed by atoms with E-state index in [1.807, 2.05) is 0 Å². The van der Waals surface area contributed by atoms with Crippen LogP contribution in [0.2, 0.25) is 0 Å². The molecule has 8 heteroatoms. The van der Waals surface area contributed by atoms with Gasteiger partial charge in [0.2, 0.25) is 0 Å². The van der Waals surface area contributed by atoms with Gasteiger partial charge in [0.05, 0.1) is 40.3 Å². The Bertz CT molecular complexity index is 808. The molecule has 0 amide bonds. The monoisotopic (exact) mass is 682 g/mol. The molecule has 2 unspecified atom stereocenters. The van der Waals surface area contributed by atoms with Gasteiger partial charge < -0.3 is 28.6 Å². The summed E-state index contributed by atoms with van der Waals surface area (Å²) in [5.41, 5.74) is 0. The van der Waals surface area contributed by atoms with Crippen molar-refractivity contribution in [3.8, 4) is 0 Å². The summed E-state index contributed by atoms with van der Waals surface area (Å²) < 4.78 is 17.1. The van der Waals surface area contributed by atoms with Gasteiger partial charge in [0, 0.05) is 19.3 Å². The average Bonchev–Trinajstić information content (AvgIpc) is 3.03. The van der Waals surface area contributed by atoms with Crippen LogP contribution >= 0.6 is 0 Å². The highest BCUT2D eigenvalue weighted by atomic mass is 16.6. The summed E-state index contributed by atoms with van der Waals surface area (Å²) in [5, 5.41) is 11.6. The molecule has 0 saturated heterocycles. The maximum absolute atomic E-state index is 12.6. The molecular weight excluding hydrogens is 606 g/mol. The summed E-state index contributed by atoms with van der Waals surface area (Å²) in [4.78, 5) is 36.6. The molecule has 0 aromatic rings. The number of allylic oxidation sites excluding steroid dienone is 2. The van der Waals surface area contributed by atoms with E-state index in [-0.39, 0.29) is 42.7 Å². The molecule has 0 aliphatic rings. The van der Waals surface area contributed by atoms with E-state index in [0.717, 1.165) is 51.4 Å². The number of carboxylic acid groups (broad SMARTS) is 1. The van der Waals surface area contributed by atoms with E-state index in [1.165, 1.54) is 89.9 Å². The molecule has 0 N–H and O–H groups in total. The number of aliphatic carboxylic acids is 1. The van der Waals surface area contributed by atoms with Gasteiger partial charge >= 0.3 is 11.9 Å². The predicted octanol–water partition coefficient (Wildman–Crippen LogP) is 8.63. The largest absolute Gasteiger partial charge is 0.544 e. The lowest BCUT2D eigenvalue weighted by molar-refractivity contribution is -0.889. The van der Waals surface area contributed by atoms with Crippen molar-refractivity contribution in [3.63, 3.8) is 0 Å². The summed E-state index contributed by atoms with van der Waals surface area (Å²) in [6, 6.07) is -0.721. The summed E-state index contributed by atoms with van der Waals surface area (Å²) >= 11 is 0. The summed E-state index contributed by atoms with van der Waals surface area (Å²) in [7, 11) is 5.40. The number of likely N-dealkylation sites (N-methyl/N-ethyl adjacent to an activating group) is 1. The summed E-state index contributed by atoms with van der Waals surface area (Å²) in [6.45, 7) is 4.61. The highest BCUT2D eigenvalue weighted by Crippen LogP contribution is 2.14. The SMILES string of the molecule is CCCC/C=C\CCCCCCCC(=O)OC(COCCC(C(=O)[O-])[N+](C)(C)C)COC(=O)CCCCCCCCCCCCCCC. The van der Waals surface area contributed by atoms with Gasteiger partial charge in [-0.3, -0.25) is 9.59 Å². The van der Waals surface area contributed by atoms with E-state index in [2.05, 4.69) is 26.0 Å². The number of hydrogen-bond acceptors (Lipinski definition) is 7. The third-order valence-electron chi connectivity index (χ3n) is 8.90. The average molecular weight is 682 g/mol. The first-order chi connectivity index (χ1) is 23.1. The van der Waals surface area contributed by atoms with Crippen molar-refractivity contribution >= 4 is 17.9 Å². The maximum Gasteiger partial charge on any atom is 0.306 e. The Balaban J connectivity index is 4.39. The molecular formula is C40H75NO7. The molecule has 0 spiro atoms. The van der Waals surface area contributed by atoms with Crippen molar-refractivity contribution in [1.82, 2.24) is 0 Å². The van der Waals surface area contributed by atoms with Gasteiger partial charge in [-0.25, -0.2) is 0 Å². The summed E-state index contributed by atoms with van der Waals surface area (Å²) in [6.07, 6.45) is 30.8. The number of carbonyl (C=O) groups excluding carboxylic acids is 3. The first kappa shape index (κ1) is 46.1. The van der Waals surface area contributed by atoms with Crippen LogP contribution in [0.4, 0.5) is 0 Å². The molecule has 0 rings (SSSR count). The van der Waals surface area contributed by atoms with Crippen LogP contribution in [-0.4, -0.2) is 75.5 Å². The minimum atomic E-state index is -1.13. The Hall–Kier alpha value is -1.93. The van der Waals surface area contributed by atoms with Gasteiger partial charge in [0.15, 0.2) is 6.10 Å². The lowest BCUT2D eigenvalue weighted by atomic mass is 10.0. The molecule has 2 atom stereocenters. The van der Waals surface area contributed by atoms with Crippen LogP contribution in [-0.2, 0) is 28.6 Å². The second-order valence-electron chi connectivity index (χ2n) is 14.5. The number of nitrogens with zero attached hydrogens (tertiary/aromatic N) is 1. The van der Waals surface area contributed by atoms with E-state index in [4.69, 9.17) is 14.2 Å². The van der Waals surface area contributed by atoms with E-state index in [0.29, 0.717) is 12.8 Å². The Labute approximate surface area is 295 Å². The fraction of sp³-hybridized carbons (Fsp3) is 0.875. The van der Waals surface area contributed by atoms with Gasteiger partial charge in [-0.15, -0.1) is 0 Å². The fourth-order valence-corrected chi connectivity index (χ4v) is 5.76. The van der Waals surface area contributed by atoms with Crippen molar-refractivity contribution in [2.75, 3.05) is 41.0 Å².